The minimum absolute atomic E-state index is 0.114. The molecule has 1 aromatic heterocycles. The molecule has 4 aromatic carbocycles. The van der Waals surface area contributed by atoms with Gasteiger partial charge in [0.15, 0.2) is 11.0 Å². The van der Waals surface area contributed by atoms with E-state index in [1.807, 2.05) is 72.2 Å². The monoisotopic (exact) mass is 541 g/mol. The van der Waals surface area contributed by atoms with Crippen molar-refractivity contribution >= 4 is 45.8 Å². The third-order valence-corrected chi connectivity index (χ3v) is 7.10. The van der Waals surface area contributed by atoms with E-state index in [9.17, 15) is 4.79 Å². The van der Waals surface area contributed by atoms with E-state index in [0.717, 1.165) is 39.0 Å². The van der Waals surface area contributed by atoms with Gasteiger partial charge in [0.25, 0.3) is 5.91 Å². The Labute approximate surface area is 229 Å². The van der Waals surface area contributed by atoms with Crippen LogP contribution in [0.2, 0.25) is 5.02 Å². The highest BCUT2D eigenvalue weighted by Crippen LogP contribution is 2.29. The van der Waals surface area contributed by atoms with E-state index in [1.165, 1.54) is 11.8 Å². The highest BCUT2D eigenvalue weighted by molar-refractivity contribution is 7.99. The molecule has 190 valence electrons. The van der Waals surface area contributed by atoms with Gasteiger partial charge in [-0.3, -0.25) is 9.36 Å². The van der Waals surface area contributed by atoms with Gasteiger partial charge in [0, 0.05) is 16.3 Å². The summed E-state index contributed by atoms with van der Waals surface area (Å²) in [7, 11) is 1.62. The lowest BCUT2D eigenvalue weighted by Crippen LogP contribution is -2.21. The third kappa shape index (κ3) is 5.72. The average molecular weight is 542 g/mol. The molecule has 5 aromatic rings. The van der Waals surface area contributed by atoms with Crippen LogP contribution in [0.5, 0.6) is 5.75 Å². The van der Waals surface area contributed by atoms with E-state index in [1.54, 1.807) is 19.2 Å². The van der Waals surface area contributed by atoms with Crippen LogP contribution in [0.1, 0.15) is 12.5 Å². The molecule has 5 rings (SSSR count). The van der Waals surface area contributed by atoms with Crippen molar-refractivity contribution in [1.29, 1.82) is 0 Å². The number of amides is 1. The van der Waals surface area contributed by atoms with E-state index in [2.05, 4.69) is 38.9 Å². The number of methoxy groups -OCH3 is 1. The Kier molecular flexibility index (Phi) is 7.72. The summed E-state index contributed by atoms with van der Waals surface area (Å²) >= 11 is 7.39. The number of aromatic nitrogens is 3. The maximum atomic E-state index is 12.7. The summed E-state index contributed by atoms with van der Waals surface area (Å²) in [4.78, 5) is 12.7. The number of ether oxygens (including phenoxy) is 1. The quantitative estimate of drug-likeness (QED) is 0.140. The minimum Gasteiger partial charge on any atom is -0.497 e. The first-order chi connectivity index (χ1) is 18.5. The van der Waals surface area contributed by atoms with Crippen molar-refractivity contribution in [1.82, 2.24) is 20.2 Å². The maximum Gasteiger partial charge on any atom is 0.250 e. The molecule has 0 saturated carbocycles. The fourth-order valence-electron chi connectivity index (χ4n) is 3.90. The lowest BCUT2D eigenvalue weighted by molar-refractivity contribution is -0.118. The Hall–Kier alpha value is -4.14. The molecule has 9 heteroatoms. The van der Waals surface area contributed by atoms with Gasteiger partial charge >= 0.3 is 0 Å². The highest BCUT2D eigenvalue weighted by Gasteiger charge is 2.17. The molecule has 0 unspecified atom stereocenters. The van der Waals surface area contributed by atoms with Gasteiger partial charge in [0.1, 0.15) is 5.75 Å². The van der Waals surface area contributed by atoms with Gasteiger partial charge in [-0.05, 0) is 77.9 Å². The van der Waals surface area contributed by atoms with Crippen LogP contribution in [0.15, 0.2) is 101 Å². The zero-order chi connectivity index (χ0) is 26.5. The molecule has 0 fully saturated rings. The second-order valence-electron chi connectivity index (χ2n) is 8.43. The summed E-state index contributed by atoms with van der Waals surface area (Å²) < 4.78 is 7.18. The van der Waals surface area contributed by atoms with Crippen molar-refractivity contribution in [2.24, 2.45) is 5.10 Å². The molecular formula is C29H24ClN5O2S. The molecule has 0 aliphatic heterocycles. The molecule has 0 aliphatic rings. The molecule has 0 spiro atoms. The van der Waals surface area contributed by atoms with E-state index >= 15 is 0 Å². The molecule has 0 aliphatic carbocycles. The molecule has 0 bridgehead atoms. The van der Waals surface area contributed by atoms with Gasteiger partial charge in [-0.2, -0.15) is 5.10 Å². The standard InChI is InChI=1S/C29H24ClN5O2S/c1-19(22-8-7-20-5-3-4-6-23(20)17-22)31-32-27(36)18-38-29-34-33-28(21-9-15-26(37-2)16-10-21)35(29)25-13-11-24(30)12-14-25/h3-17H,18H2,1-2H3,(H,32,36)/b31-19+. The summed E-state index contributed by atoms with van der Waals surface area (Å²) in [5.41, 5.74) is 6.02. The molecule has 1 heterocycles. The molecule has 1 N–H and O–H groups in total. The Bertz CT molecular complexity index is 1610. The zero-order valence-corrected chi connectivity index (χ0v) is 22.3. The Balaban J connectivity index is 1.33. The molecule has 0 atom stereocenters. The zero-order valence-electron chi connectivity index (χ0n) is 20.8. The molecule has 0 saturated heterocycles. The SMILES string of the molecule is COc1ccc(-c2nnc(SCC(=O)N/N=C(\C)c3ccc4ccccc4c3)n2-c2ccc(Cl)cc2)cc1. The number of nitrogens with one attached hydrogen (secondary N) is 1. The minimum atomic E-state index is -0.244. The van der Waals surface area contributed by atoms with E-state index < -0.39 is 0 Å². The Morgan fingerprint density at radius 3 is 2.45 bits per heavy atom. The van der Waals surface area contributed by atoms with Gasteiger partial charge in [-0.25, -0.2) is 5.43 Å². The fourth-order valence-corrected chi connectivity index (χ4v) is 4.77. The van der Waals surface area contributed by atoms with E-state index in [-0.39, 0.29) is 11.7 Å². The normalized spacial score (nSPS) is 11.5. The molecule has 0 radical (unpaired) electrons. The number of carbonyl (C=O) groups excluding carboxylic acids is 1. The van der Waals surface area contributed by atoms with Gasteiger partial charge in [0.2, 0.25) is 0 Å². The smallest absolute Gasteiger partial charge is 0.250 e. The summed E-state index contributed by atoms with van der Waals surface area (Å²) in [5.74, 6) is 1.26. The summed E-state index contributed by atoms with van der Waals surface area (Å²) in [6, 6.07) is 29.2. The lowest BCUT2D eigenvalue weighted by Gasteiger charge is -2.11. The molecule has 1 amide bonds. The predicted octanol–water partition coefficient (Wildman–Crippen LogP) is 6.38. The van der Waals surface area contributed by atoms with Crippen LogP contribution >= 0.6 is 23.4 Å². The lowest BCUT2D eigenvalue weighted by atomic mass is 10.0. The number of carbonyl (C=O) groups is 1. The number of nitrogens with zero attached hydrogens (tertiary/aromatic N) is 4. The van der Waals surface area contributed by atoms with Crippen molar-refractivity contribution in [3.63, 3.8) is 0 Å². The van der Waals surface area contributed by atoms with E-state index in [4.69, 9.17) is 16.3 Å². The second kappa shape index (κ2) is 11.5. The van der Waals surface area contributed by atoms with Crippen LogP contribution in [0.4, 0.5) is 0 Å². The maximum absolute atomic E-state index is 12.7. The average Bonchev–Trinajstić information content (AvgIpc) is 3.39. The first kappa shape index (κ1) is 25.5. The number of fused-ring (bicyclic) bond motifs is 1. The van der Waals surface area contributed by atoms with Crippen LogP contribution in [0.3, 0.4) is 0 Å². The molecule has 38 heavy (non-hydrogen) atoms. The topological polar surface area (TPSA) is 81.4 Å². The predicted molar refractivity (Wildman–Crippen MR) is 153 cm³/mol. The molecular weight excluding hydrogens is 518 g/mol. The third-order valence-electron chi connectivity index (χ3n) is 5.91. The van der Waals surface area contributed by atoms with E-state index in [0.29, 0.717) is 16.0 Å². The second-order valence-corrected chi connectivity index (χ2v) is 9.81. The van der Waals surface area contributed by atoms with Crippen LogP contribution in [-0.4, -0.2) is 39.2 Å². The largest absolute Gasteiger partial charge is 0.497 e. The first-order valence-corrected chi connectivity index (χ1v) is 13.2. The van der Waals surface area contributed by atoms with Crippen LogP contribution in [-0.2, 0) is 4.79 Å². The number of hydrazone groups is 1. The number of benzene rings is 4. The number of hydrogen-bond donors (Lipinski definition) is 1. The number of hydrogen-bond acceptors (Lipinski definition) is 6. The number of halogens is 1. The summed E-state index contributed by atoms with van der Waals surface area (Å²) in [6.45, 7) is 1.87. The van der Waals surface area contributed by atoms with Crippen molar-refractivity contribution in [3.8, 4) is 22.8 Å². The van der Waals surface area contributed by atoms with Gasteiger partial charge in [-0.15, -0.1) is 10.2 Å². The van der Waals surface area contributed by atoms with Crippen LogP contribution in [0, 0.1) is 0 Å². The first-order valence-electron chi connectivity index (χ1n) is 11.8. The van der Waals surface area contributed by atoms with Crippen molar-refractivity contribution in [2.45, 2.75) is 12.1 Å². The van der Waals surface area contributed by atoms with Gasteiger partial charge < -0.3 is 4.74 Å². The fraction of sp³-hybridized carbons (Fsp3) is 0.103. The van der Waals surface area contributed by atoms with Crippen molar-refractivity contribution in [3.05, 3.63) is 102 Å². The van der Waals surface area contributed by atoms with Crippen LogP contribution in [0.25, 0.3) is 27.8 Å². The van der Waals surface area contributed by atoms with Crippen LogP contribution < -0.4 is 10.2 Å². The highest BCUT2D eigenvalue weighted by atomic mass is 35.5. The number of rotatable bonds is 8. The van der Waals surface area contributed by atoms with Crippen molar-refractivity contribution < 1.29 is 9.53 Å². The Morgan fingerprint density at radius 1 is 0.974 bits per heavy atom. The van der Waals surface area contributed by atoms with Gasteiger partial charge in [-0.1, -0.05) is 59.8 Å². The molecule has 7 nitrogen and oxygen atoms in total. The summed E-state index contributed by atoms with van der Waals surface area (Å²) in [5, 5.41) is 16.6. The van der Waals surface area contributed by atoms with Crippen molar-refractivity contribution in [2.75, 3.05) is 12.9 Å². The Morgan fingerprint density at radius 2 is 1.71 bits per heavy atom. The summed E-state index contributed by atoms with van der Waals surface area (Å²) in [6.07, 6.45) is 0. The van der Waals surface area contributed by atoms with Gasteiger partial charge in [0.05, 0.1) is 18.6 Å². The number of thioether (sulfide) groups is 1.